The summed E-state index contributed by atoms with van der Waals surface area (Å²) in [4.78, 5) is 32.2. The van der Waals surface area contributed by atoms with Crippen LogP contribution in [0.4, 0.5) is 10.3 Å². The fraction of sp³-hybridized carbons (Fsp3) is 0.233. The summed E-state index contributed by atoms with van der Waals surface area (Å²) in [5, 5.41) is 2.85. The first kappa shape index (κ1) is 26.8. The van der Waals surface area contributed by atoms with Crippen molar-refractivity contribution in [3.63, 3.8) is 0 Å². The van der Waals surface area contributed by atoms with E-state index in [1.165, 1.54) is 35.8 Å². The number of carbonyl (C=O) groups excluding carboxylic acids is 2. The second-order valence-corrected chi connectivity index (χ2v) is 9.18. The third-order valence-corrected chi connectivity index (χ3v) is 6.16. The number of carbonyl (C=O) groups is 2. The number of hydrogen-bond acceptors (Lipinski definition) is 4. The van der Waals surface area contributed by atoms with E-state index in [-0.39, 0.29) is 25.3 Å². The Morgan fingerprint density at radius 2 is 1.68 bits per heavy atom. The van der Waals surface area contributed by atoms with Crippen molar-refractivity contribution in [2.45, 2.75) is 19.8 Å². The summed E-state index contributed by atoms with van der Waals surface area (Å²) in [7, 11) is 1.50. The second-order valence-electron chi connectivity index (χ2n) is 9.18. The summed E-state index contributed by atoms with van der Waals surface area (Å²) in [6.45, 7) is 4.28. The van der Waals surface area contributed by atoms with E-state index in [1.807, 2.05) is 65.4 Å². The first-order chi connectivity index (χ1) is 18.4. The van der Waals surface area contributed by atoms with Gasteiger partial charge in [-0.25, -0.2) is 9.37 Å². The van der Waals surface area contributed by atoms with Gasteiger partial charge < -0.3 is 9.64 Å². The van der Waals surface area contributed by atoms with Gasteiger partial charge in [0.1, 0.15) is 12.4 Å². The largest absolute Gasteiger partial charge is 0.383 e. The Kier molecular flexibility index (Phi) is 8.66. The Morgan fingerprint density at radius 1 is 1.00 bits per heavy atom. The molecule has 0 radical (unpaired) electrons. The lowest BCUT2D eigenvalue weighted by molar-refractivity contribution is -0.117. The third kappa shape index (κ3) is 6.33. The van der Waals surface area contributed by atoms with E-state index in [9.17, 15) is 14.0 Å². The molecule has 0 aliphatic rings. The molecule has 0 saturated carbocycles. The van der Waals surface area contributed by atoms with Crippen molar-refractivity contribution >= 4 is 17.8 Å². The maximum atomic E-state index is 14.3. The zero-order valence-corrected chi connectivity index (χ0v) is 21.7. The van der Waals surface area contributed by atoms with Gasteiger partial charge in [-0.2, -0.15) is 0 Å². The standard InChI is InChI=1S/C30H31FN4O3/c1-21(2)22-13-15-24(16-14-22)35-19-27(23-9-5-4-6-10-23)32-30(35)33-28(36)20-34(17-18-38-3)29(37)25-11-7-8-12-26(25)31/h4-16,19,21H,17-18,20H2,1-3H3,(H,32,33,36). The molecule has 0 fully saturated rings. The van der Waals surface area contributed by atoms with Crippen LogP contribution >= 0.6 is 0 Å². The van der Waals surface area contributed by atoms with Crippen LogP contribution in [0.1, 0.15) is 35.7 Å². The van der Waals surface area contributed by atoms with Gasteiger partial charge in [0.25, 0.3) is 5.91 Å². The van der Waals surface area contributed by atoms with Crippen LogP contribution in [0.3, 0.4) is 0 Å². The van der Waals surface area contributed by atoms with Crippen molar-refractivity contribution < 1.29 is 18.7 Å². The average Bonchev–Trinajstić information content (AvgIpc) is 3.35. The smallest absolute Gasteiger partial charge is 0.257 e. The molecule has 0 atom stereocenters. The van der Waals surface area contributed by atoms with Crippen molar-refractivity contribution in [2.75, 3.05) is 32.1 Å². The van der Waals surface area contributed by atoms with Crippen molar-refractivity contribution in [1.82, 2.24) is 14.5 Å². The molecule has 1 heterocycles. The minimum absolute atomic E-state index is 0.102. The Morgan fingerprint density at radius 3 is 2.34 bits per heavy atom. The van der Waals surface area contributed by atoms with Crippen LogP contribution in [-0.2, 0) is 9.53 Å². The number of amides is 2. The summed E-state index contributed by atoms with van der Waals surface area (Å²) in [5.41, 5.74) is 3.51. The summed E-state index contributed by atoms with van der Waals surface area (Å²) >= 11 is 0. The Labute approximate surface area is 221 Å². The van der Waals surface area contributed by atoms with Crippen LogP contribution in [0.25, 0.3) is 16.9 Å². The van der Waals surface area contributed by atoms with Gasteiger partial charge in [-0.05, 0) is 35.7 Å². The first-order valence-electron chi connectivity index (χ1n) is 12.4. The SMILES string of the molecule is COCCN(CC(=O)Nc1nc(-c2ccccc2)cn1-c1ccc(C(C)C)cc1)C(=O)c1ccccc1F. The van der Waals surface area contributed by atoms with Crippen LogP contribution in [-0.4, -0.2) is 53.1 Å². The lowest BCUT2D eigenvalue weighted by Crippen LogP contribution is -2.40. The number of benzene rings is 3. The number of nitrogens with zero attached hydrogens (tertiary/aromatic N) is 3. The minimum Gasteiger partial charge on any atom is -0.383 e. The molecule has 0 saturated heterocycles. The summed E-state index contributed by atoms with van der Waals surface area (Å²) in [6, 6.07) is 23.4. The number of ether oxygens (including phenoxy) is 1. The van der Waals surface area contributed by atoms with Crippen molar-refractivity contribution in [2.24, 2.45) is 0 Å². The predicted molar refractivity (Wildman–Crippen MR) is 146 cm³/mol. The van der Waals surface area contributed by atoms with E-state index in [0.29, 0.717) is 17.6 Å². The van der Waals surface area contributed by atoms with Crippen molar-refractivity contribution in [3.8, 4) is 16.9 Å². The normalized spacial score (nSPS) is 11.0. The predicted octanol–water partition coefficient (Wildman–Crippen LogP) is 5.53. The Hall–Kier alpha value is -4.30. The fourth-order valence-electron chi connectivity index (χ4n) is 4.03. The number of aromatic nitrogens is 2. The number of halogens is 1. The molecule has 0 aliphatic heterocycles. The quantitative estimate of drug-likeness (QED) is 0.302. The molecule has 3 aromatic carbocycles. The zero-order valence-electron chi connectivity index (χ0n) is 21.7. The molecule has 4 rings (SSSR count). The highest BCUT2D eigenvalue weighted by Crippen LogP contribution is 2.25. The van der Waals surface area contributed by atoms with Gasteiger partial charge in [0, 0.05) is 31.1 Å². The maximum Gasteiger partial charge on any atom is 0.257 e. The van der Waals surface area contributed by atoms with Gasteiger partial charge in [0.2, 0.25) is 11.9 Å². The summed E-state index contributed by atoms with van der Waals surface area (Å²) in [5.74, 6) is -0.996. The van der Waals surface area contributed by atoms with E-state index in [0.717, 1.165) is 11.3 Å². The van der Waals surface area contributed by atoms with E-state index in [2.05, 4.69) is 24.1 Å². The number of rotatable bonds is 10. The molecule has 0 unspecified atom stereocenters. The molecule has 38 heavy (non-hydrogen) atoms. The van der Waals surface area contributed by atoms with Crippen LogP contribution < -0.4 is 5.32 Å². The molecular weight excluding hydrogens is 483 g/mol. The van der Waals surface area contributed by atoms with Crippen LogP contribution in [0.2, 0.25) is 0 Å². The highest BCUT2D eigenvalue weighted by atomic mass is 19.1. The monoisotopic (exact) mass is 514 g/mol. The fourth-order valence-corrected chi connectivity index (χ4v) is 4.03. The molecule has 7 nitrogen and oxygen atoms in total. The third-order valence-electron chi connectivity index (χ3n) is 6.16. The molecule has 4 aromatic rings. The number of nitrogens with one attached hydrogen (secondary N) is 1. The van der Waals surface area contributed by atoms with Gasteiger partial charge in [0.05, 0.1) is 17.9 Å². The number of methoxy groups -OCH3 is 1. The number of anilines is 1. The molecule has 196 valence electrons. The Balaban J connectivity index is 1.62. The molecular formula is C30H31FN4O3. The van der Waals surface area contributed by atoms with Crippen molar-refractivity contribution in [3.05, 3.63) is 102 Å². The summed E-state index contributed by atoms with van der Waals surface area (Å²) in [6.07, 6.45) is 1.86. The van der Waals surface area contributed by atoms with Gasteiger partial charge >= 0.3 is 0 Å². The molecule has 0 spiro atoms. The zero-order chi connectivity index (χ0) is 27.1. The van der Waals surface area contributed by atoms with E-state index >= 15 is 0 Å². The molecule has 8 heteroatoms. The Bertz CT molecular complexity index is 1380. The lowest BCUT2D eigenvalue weighted by atomic mass is 10.0. The first-order valence-corrected chi connectivity index (χ1v) is 12.4. The summed E-state index contributed by atoms with van der Waals surface area (Å²) < 4.78 is 21.2. The highest BCUT2D eigenvalue weighted by Gasteiger charge is 2.23. The van der Waals surface area contributed by atoms with E-state index in [4.69, 9.17) is 4.74 Å². The van der Waals surface area contributed by atoms with Gasteiger partial charge in [0.15, 0.2) is 0 Å². The van der Waals surface area contributed by atoms with Crippen LogP contribution in [0, 0.1) is 5.82 Å². The molecule has 1 aromatic heterocycles. The van der Waals surface area contributed by atoms with E-state index in [1.54, 1.807) is 6.07 Å². The van der Waals surface area contributed by atoms with Crippen molar-refractivity contribution in [1.29, 1.82) is 0 Å². The lowest BCUT2D eigenvalue weighted by Gasteiger charge is -2.22. The van der Waals surface area contributed by atoms with Gasteiger partial charge in [-0.15, -0.1) is 0 Å². The molecule has 0 bridgehead atoms. The maximum absolute atomic E-state index is 14.3. The number of hydrogen-bond donors (Lipinski definition) is 1. The van der Waals surface area contributed by atoms with Gasteiger partial charge in [-0.1, -0.05) is 68.4 Å². The molecule has 1 N–H and O–H groups in total. The van der Waals surface area contributed by atoms with Gasteiger partial charge in [-0.3, -0.25) is 19.5 Å². The average molecular weight is 515 g/mol. The van der Waals surface area contributed by atoms with Crippen LogP contribution in [0.15, 0.2) is 85.1 Å². The molecule has 0 aliphatic carbocycles. The number of imidazole rings is 1. The highest BCUT2D eigenvalue weighted by molar-refractivity contribution is 5.99. The second kappa shape index (κ2) is 12.3. The minimum atomic E-state index is -0.645. The van der Waals surface area contributed by atoms with E-state index < -0.39 is 17.6 Å². The van der Waals surface area contributed by atoms with Crippen LogP contribution in [0.5, 0.6) is 0 Å². The molecule has 2 amide bonds. The topological polar surface area (TPSA) is 76.5 Å².